The Labute approximate surface area is 249 Å². The highest BCUT2D eigenvalue weighted by Crippen LogP contribution is 2.72. The first-order valence-corrected chi connectivity index (χ1v) is 15.0. The van der Waals surface area contributed by atoms with Crippen LogP contribution in [-0.4, -0.2) is 51.9 Å². The van der Waals surface area contributed by atoms with Crippen molar-refractivity contribution >= 4 is 28.6 Å². The molecule has 4 aliphatic carbocycles. The molecule has 5 aliphatic rings. The number of aliphatic hydroxyl groups is 2. The van der Waals surface area contributed by atoms with Crippen molar-refractivity contribution < 1.29 is 33.7 Å². The lowest BCUT2D eigenvalue weighted by Gasteiger charge is -2.62. The van der Waals surface area contributed by atoms with Crippen LogP contribution in [0.4, 0.5) is 21.5 Å². The number of ether oxygens (including phenoxy) is 2. The van der Waals surface area contributed by atoms with Gasteiger partial charge < -0.3 is 30.7 Å². The fourth-order valence-corrected chi connectivity index (χ4v) is 9.23. The Balaban J connectivity index is 1.20. The molecule has 0 radical (unpaired) electrons. The SMILES string of the molecule is C[C@]12C=CC(=O)C=C1CC[C@H]1[C@@H]3C[C@H]4O[C@H](c5ccc(Nc6cccc(N)c6)cc5)O[C@@]4(C(=O)CO)[C@@]3(C)C[C@H](O)[C@@]12F. The molecule has 1 heterocycles. The van der Waals surface area contributed by atoms with Gasteiger partial charge in [0, 0.05) is 39.4 Å². The van der Waals surface area contributed by atoms with E-state index in [-0.39, 0.29) is 18.1 Å². The summed E-state index contributed by atoms with van der Waals surface area (Å²) in [5.41, 5.74) is 3.89. The fourth-order valence-electron chi connectivity index (χ4n) is 9.23. The Morgan fingerprint density at radius 1 is 1.14 bits per heavy atom. The van der Waals surface area contributed by atoms with Gasteiger partial charge in [0.2, 0.25) is 0 Å². The average Bonchev–Trinajstić information content (AvgIpc) is 3.47. The fraction of sp³-hybridized carbons (Fsp3) is 0.471. The summed E-state index contributed by atoms with van der Waals surface area (Å²) >= 11 is 0. The average molecular weight is 589 g/mol. The molecule has 9 atom stereocenters. The van der Waals surface area contributed by atoms with Crippen LogP contribution < -0.4 is 11.1 Å². The maximum Gasteiger partial charge on any atom is 0.193 e. The predicted molar refractivity (Wildman–Crippen MR) is 158 cm³/mol. The van der Waals surface area contributed by atoms with Crippen molar-refractivity contribution in [2.45, 2.75) is 69.3 Å². The Hall–Kier alpha value is -3.37. The van der Waals surface area contributed by atoms with Crippen molar-refractivity contribution in [1.29, 1.82) is 0 Å². The molecule has 9 heteroatoms. The largest absolute Gasteiger partial charge is 0.399 e. The number of aliphatic hydroxyl groups excluding tert-OH is 2. The standard InChI is InChI=1S/C34H37FN2O6/c1-31-13-12-24(39)14-20(31)8-11-25-26-16-29-34(28(41)18-38,32(26,2)17-27(40)33(25,31)35)43-30(42-29)19-6-9-22(10-7-19)37-23-5-3-4-21(36)15-23/h3-7,9-10,12-15,25-27,29-30,37-38,40H,8,11,16-18,36H2,1-2H3/t25-,26-,27-,29+,30-,31-,32-,33-,34+/m0/s1. The van der Waals surface area contributed by atoms with Gasteiger partial charge in [0.05, 0.1) is 12.2 Å². The molecule has 2 aromatic rings. The number of carbonyl (C=O) groups excluding carboxylic acids is 2. The number of Topliss-reactive ketones (excluding diaryl/α,β-unsaturated/α-hetero) is 1. The molecule has 3 saturated carbocycles. The number of carbonyl (C=O) groups is 2. The van der Waals surface area contributed by atoms with Crippen molar-refractivity contribution in [1.82, 2.24) is 0 Å². The first-order chi connectivity index (χ1) is 20.5. The molecule has 43 heavy (non-hydrogen) atoms. The maximum atomic E-state index is 17.5. The molecule has 0 amide bonds. The number of rotatable bonds is 5. The number of ketones is 2. The van der Waals surface area contributed by atoms with Crippen molar-refractivity contribution in [3.63, 3.8) is 0 Å². The van der Waals surface area contributed by atoms with E-state index in [2.05, 4.69) is 5.32 Å². The predicted octanol–water partition coefficient (Wildman–Crippen LogP) is 4.71. The summed E-state index contributed by atoms with van der Waals surface area (Å²) in [4.78, 5) is 25.8. The van der Waals surface area contributed by atoms with E-state index in [1.807, 2.05) is 55.5 Å². The number of anilines is 3. The highest BCUT2D eigenvalue weighted by molar-refractivity contribution is 6.01. The monoisotopic (exact) mass is 588 g/mol. The molecule has 5 N–H and O–H groups in total. The third kappa shape index (κ3) is 3.75. The van der Waals surface area contributed by atoms with Gasteiger partial charge in [-0.15, -0.1) is 0 Å². The minimum Gasteiger partial charge on any atom is -0.399 e. The van der Waals surface area contributed by atoms with Crippen LogP contribution in [-0.2, 0) is 19.1 Å². The Morgan fingerprint density at radius 3 is 2.63 bits per heavy atom. The van der Waals surface area contributed by atoms with Crippen LogP contribution >= 0.6 is 0 Å². The van der Waals surface area contributed by atoms with Gasteiger partial charge in [-0.1, -0.05) is 36.8 Å². The lowest BCUT2D eigenvalue weighted by Crippen LogP contribution is -2.69. The summed E-state index contributed by atoms with van der Waals surface area (Å²) in [5.74, 6) is -1.64. The number of alkyl halides is 1. The molecule has 0 unspecified atom stereocenters. The normalized spacial score (nSPS) is 41.1. The van der Waals surface area contributed by atoms with Crippen LogP contribution in [0.2, 0.25) is 0 Å². The number of nitrogen functional groups attached to an aromatic ring is 1. The summed E-state index contributed by atoms with van der Waals surface area (Å²) in [6.07, 6.45) is 2.75. The summed E-state index contributed by atoms with van der Waals surface area (Å²) < 4.78 is 30.6. The summed E-state index contributed by atoms with van der Waals surface area (Å²) in [6.45, 7) is 2.89. The Bertz CT molecular complexity index is 1560. The van der Waals surface area contributed by atoms with Crippen LogP contribution in [0.3, 0.4) is 0 Å². The van der Waals surface area contributed by atoms with Crippen LogP contribution in [0.15, 0.2) is 72.3 Å². The molecular formula is C34H37FN2O6. The molecule has 8 nitrogen and oxygen atoms in total. The quantitative estimate of drug-likeness (QED) is 0.370. The van der Waals surface area contributed by atoms with Gasteiger partial charge >= 0.3 is 0 Å². The topological polar surface area (TPSA) is 131 Å². The third-order valence-electron chi connectivity index (χ3n) is 11.3. The van der Waals surface area contributed by atoms with Gasteiger partial charge in [0.25, 0.3) is 0 Å². The number of nitrogens with two attached hydrogens (primary N) is 1. The molecule has 7 rings (SSSR count). The zero-order chi connectivity index (χ0) is 30.4. The number of fused-ring (bicyclic) bond motifs is 7. The van der Waals surface area contributed by atoms with Gasteiger partial charge in [-0.25, -0.2) is 4.39 Å². The molecule has 226 valence electrons. The molecule has 0 aromatic heterocycles. The lowest BCUT2D eigenvalue weighted by molar-refractivity contribution is -0.231. The van der Waals surface area contributed by atoms with E-state index >= 15 is 4.39 Å². The summed E-state index contributed by atoms with van der Waals surface area (Å²) in [6, 6.07) is 14.9. The summed E-state index contributed by atoms with van der Waals surface area (Å²) in [5, 5.41) is 25.2. The zero-order valence-corrected chi connectivity index (χ0v) is 24.3. The number of halogens is 1. The van der Waals surface area contributed by atoms with Crippen LogP contribution in [0.25, 0.3) is 0 Å². The van der Waals surface area contributed by atoms with E-state index in [4.69, 9.17) is 15.2 Å². The van der Waals surface area contributed by atoms with Crippen molar-refractivity contribution in [2.75, 3.05) is 17.7 Å². The Kier molecular flexibility index (Phi) is 6.32. The van der Waals surface area contributed by atoms with E-state index < -0.39 is 58.9 Å². The second-order valence-corrected chi connectivity index (χ2v) is 13.3. The van der Waals surface area contributed by atoms with Gasteiger partial charge in [0.1, 0.15) is 6.61 Å². The minimum atomic E-state index is -2.04. The van der Waals surface area contributed by atoms with Crippen LogP contribution in [0.5, 0.6) is 0 Å². The van der Waals surface area contributed by atoms with Gasteiger partial charge in [-0.3, -0.25) is 9.59 Å². The highest BCUT2D eigenvalue weighted by Gasteiger charge is 2.79. The number of hydrogen-bond donors (Lipinski definition) is 4. The van der Waals surface area contributed by atoms with E-state index in [0.29, 0.717) is 36.1 Å². The van der Waals surface area contributed by atoms with E-state index in [1.165, 1.54) is 12.2 Å². The second kappa shape index (κ2) is 9.56. The van der Waals surface area contributed by atoms with Crippen molar-refractivity contribution in [3.05, 3.63) is 77.9 Å². The molecule has 4 fully saturated rings. The van der Waals surface area contributed by atoms with E-state index in [0.717, 1.165) is 11.4 Å². The van der Waals surface area contributed by atoms with E-state index in [1.54, 1.807) is 13.0 Å². The highest BCUT2D eigenvalue weighted by atomic mass is 19.1. The van der Waals surface area contributed by atoms with Gasteiger partial charge in [-0.05, 0) is 81.0 Å². The van der Waals surface area contributed by atoms with Crippen molar-refractivity contribution in [2.24, 2.45) is 22.7 Å². The minimum absolute atomic E-state index is 0.0449. The van der Waals surface area contributed by atoms with Gasteiger partial charge in [-0.2, -0.15) is 0 Å². The second-order valence-electron chi connectivity index (χ2n) is 13.3. The molecular weight excluding hydrogens is 551 g/mol. The number of benzene rings is 2. The maximum absolute atomic E-state index is 17.5. The first kappa shape index (κ1) is 28.4. The smallest absolute Gasteiger partial charge is 0.193 e. The molecule has 1 aliphatic heterocycles. The van der Waals surface area contributed by atoms with E-state index in [9.17, 15) is 19.8 Å². The number of nitrogens with one attached hydrogen (secondary N) is 1. The summed E-state index contributed by atoms with van der Waals surface area (Å²) in [7, 11) is 0. The number of hydrogen-bond acceptors (Lipinski definition) is 8. The first-order valence-electron chi connectivity index (χ1n) is 15.0. The van der Waals surface area contributed by atoms with Gasteiger partial charge in [0.15, 0.2) is 29.1 Å². The lowest BCUT2D eigenvalue weighted by atomic mass is 9.44. The number of allylic oxidation sites excluding steroid dienone is 4. The molecule has 0 spiro atoms. The third-order valence-corrected chi connectivity index (χ3v) is 11.3. The molecule has 2 aromatic carbocycles. The van der Waals surface area contributed by atoms with Crippen LogP contribution in [0, 0.1) is 22.7 Å². The Morgan fingerprint density at radius 2 is 1.91 bits per heavy atom. The molecule has 0 bridgehead atoms. The molecule has 1 saturated heterocycles. The van der Waals surface area contributed by atoms with Crippen LogP contribution in [0.1, 0.15) is 51.4 Å². The van der Waals surface area contributed by atoms with Crippen molar-refractivity contribution in [3.8, 4) is 0 Å². The zero-order valence-electron chi connectivity index (χ0n) is 24.3.